The number of hydrogen-bond donors (Lipinski definition) is 2. The molecule has 0 bridgehead atoms. The first-order chi connectivity index (χ1) is 13.4. The van der Waals surface area contributed by atoms with E-state index in [2.05, 4.69) is 20.4 Å². The number of carboxylic acids is 1. The van der Waals surface area contributed by atoms with Gasteiger partial charge in [0.25, 0.3) is 5.91 Å². The van der Waals surface area contributed by atoms with Crippen LogP contribution in [0.3, 0.4) is 0 Å². The molecular weight excluding hydrogens is 382 g/mol. The minimum Gasteiger partial charge on any atom is -0.481 e. The number of amides is 2. The van der Waals surface area contributed by atoms with Crippen molar-refractivity contribution in [2.45, 2.75) is 11.7 Å². The molecule has 9 nitrogen and oxygen atoms in total. The summed E-state index contributed by atoms with van der Waals surface area (Å²) in [5.41, 5.74) is 1.39. The van der Waals surface area contributed by atoms with Gasteiger partial charge < -0.3 is 20.2 Å². The molecule has 1 aromatic carbocycles. The van der Waals surface area contributed by atoms with Crippen LogP contribution in [0.15, 0.2) is 34.5 Å². The highest BCUT2D eigenvalue weighted by molar-refractivity contribution is 8.15. The third-order valence-electron chi connectivity index (χ3n) is 4.44. The largest absolute Gasteiger partial charge is 0.481 e. The minimum atomic E-state index is -1.04. The van der Waals surface area contributed by atoms with Crippen molar-refractivity contribution in [1.29, 1.82) is 0 Å². The molecule has 0 aliphatic carbocycles. The van der Waals surface area contributed by atoms with E-state index in [0.717, 1.165) is 43.5 Å². The second-order valence-electron chi connectivity index (χ2n) is 6.56. The molecule has 10 heteroatoms. The summed E-state index contributed by atoms with van der Waals surface area (Å²) >= 11 is 1.05. The van der Waals surface area contributed by atoms with Crippen molar-refractivity contribution in [2.75, 3.05) is 33.2 Å². The maximum atomic E-state index is 12.5. The topological polar surface area (TPSA) is 115 Å². The number of hydrogen-bond acceptors (Lipinski definition) is 7. The molecule has 3 rings (SSSR count). The Kier molecular flexibility index (Phi) is 6.42. The van der Waals surface area contributed by atoms with Gasteiger partial charge in [0, 0.05) is 31.7 Å². The predicted molar refractivity (Wildman–Crippen MR) is 107 cm³/mol. The normalized spacial score (nSPS) is 22.0. The highest BCUT2D eigenvalue weighted by atomic mass is 32.2. The lowest BCUT2D eigenvalue weighted by Gasteiger charge is -2.32. The Labute approximate surface area is 166 Å². The van der Waals surface area contributed by atoms with Crippen LogP contribution in [0.2, 0.25) is 0 Å². The Balaban J connectivity index is 1.56. The zero-order valence-electron chi connectivity index (χ0n) is 15.4. The van der Waals surface area contributed by atoms with E-state index in [9.17, 15) is 14.4 Å². The van der Waals surface area contributed by atoms with E-state index in [1.54, 1.807) is 24.3 Å². The van der Waals surface area contributed by atoms with Gasteiger partial charge in [-0.05, 0) is 24.7 Å². The fraction of sp³-hybridized carbons (Fsp3) is 0.389. The lowest BCUT2D eigenvalue weighted by atomic mass is 10.1. The van der Waals surface area contributed by atoms with E-state index in [-0.39, 0.29) is 23.4 Å². The molecule has 1 unspecified atom stereocenters. The highest BCUT2D eigenvalue weighted by Crippen LogP contribution is 2.22. The van der Waals surface area contributed by atoms with E-state index >= 15 is 0 Å². The van der Waals surface area contributed by atoms with Crippen molar-refractivity contribution in [3.05, 3.63) is 35.4 Å². The molecular formula is C18H21N5O4S. The van der Waals surface area contributed by atoms with Gasteiger partial charge in [-0.1, -0.05) is 23.9 Å². The summed E-state index contributed by atoms with van der Waals surface area (Å²) in [5.74, 6) is -1.40. The van der Waals surface area contributed by atoms with Gasteiger partial charge in [0.05, 0.1) is 12.6 Å². The maximum absolute atomic E-state index is 12.5. The first kappa shape index (κ1) is 20.0. The van der Waals surface area contributed by atoms with E-state index in [1.165, 1.54) is 6.21 Å². The molecule has 0 aromatic heterocycles. The Morgan fingerprint density at radius 3 is 2.57 bits per heavy atom. The average Bonchev–Trinajstić information content (AvgIpc) is 3.01. The van der Waals surface area contributed by atoms with Crippen LogP contribution < -0.4 is 5.32 Å². The van der Waals surface area contributed by atoms with Crippen LogP contribution in [0.1, 0.15) is 22.3 Å². The minimum absolute atomic E-state index is 0.0198. The van der Waals surface area contributed by atoms with E-state index < -0.39 is 11.2 Å². The third-order valence-corrected chi connectivity index (χ3v) is 5.51. The van der Waals surface area contributed by atoms with E-state index in [4.69, 9.17) is 5.11 Å². The Bertz CT molecular complexity index is 816. The number of aliphatic carboxylic acids is 1. The molecule has 2 heterocycles. The van der Waals surface area contributed by atoms with Crippen molar-refractivity contribution < 1.29 is 19.5 Å². The molecule has 2 saturated heterocycles. The number of piperazine rings is 1. The van der Waals surface area contributed by atoms with Crippen molar-refractivity contribution in [1.82, 2.24) is 15.1 Å². The smallest absolute Gasteiger partial charge is 0.305 e. The summed E-state index contributed by atoms with van der Waals surface area (Å²) in [6.07, 6.45) is 1.25. The van der Waals surface area contributed by atoms with E-state index in [1.807, 2.05) is 11.9 Å². The molecule has 0 radical (unpaired) electrons. The zero-order valence-corrected chi connectivity index (χ0v) is 16.2. The Morgan fingerprint density at radius 2 is 1.93 bits per heavy atom. The number of carboxylic acid groups (broad SMARTS) is 1. The molecule has 0 spiro atoms. The number of nitrogens with zero attached hydrogens (tertiary/aromatic N) is 4. The number of likely N-dealkylation sites (N-methyl/N-ethyl adjacent to an activating group) is 1. The van der Waals surface area contributed by atoms with Crippen molar-refractivity contribution in [3.63, 3.8) is 0 Å². The summed E-state index contributed by atoms with van der Waals surface area (Å²) in [4.78, 5) is 38.9. The number of carbonyl (C=O) groups excluding carboxylic acids is 2. The third kappa shape index (κ3) is 5.17. The predicted octanol–water partition coefficient (Wildman–Crippen LogP) is 0.470. The second kappa shape index (κ2) is 8.98. The lowest BCUT2D eigenvalue weighted by Crippen LogP contribution is -2.47. The van der Waals surface area contributed by atoms with Crippen LogP contribution in [0.4, 0.5) is 0 Å². The first-order valence-corrected chi connectivity index (χ1v) is 9.68. The van der Waals surface area contributed by atoms with Gasteiger partial charge in [0.1, 0.15) is 5.25 Å². The number of amidine groups is 1. The quantitative estimate of drug-likeness (QED) is 0.546. The lowest BCUT2D eigenvalue weighted by molar-refractivity contribution is -0.138. The summed E-state index contributed by atoms with van der Waals surface area (Å²) in [5, 5.41) is 18.7. The van der Waals surface area contributed by atoms with Gasteiger partial charge >= 0.3 is 5.97 Å². The summed E-state index contributed by atoms with van der Waals surface area (Å²) in [6.45, 7) is 3.20. The average molecular weight is 403 g/mol. The zero-order chi connectivity index (χ0) is 20.1. The van der Waals surface area contributed by atoms with Crippen LogP contribution in [-0.4, -0.2) is 82.5 Å². The molecule has 0 saturated carbocycles. The Hall–Kier alpha value is -2.72. The number of rotatable bonds is 5. The van der Waals surface area contributed by atoms with Crippen LogP contribution >= 0.6 is 11.8 Å². The molecule has 1 atom stereocenters. The molecule has 2 aliphatic heterocycles. The standard InChI is InChI=1S/C18H21N5O4S/c1-22-6-8-23(9-7-22)17(27)13-4-2-12(3-5-13)11-19-21-18-20-16(26)14(28-18)10-15(24)25/h2-5,11,14H,6-10H2,1H3,(H,24,25)(H,20,21,26). The molecule has 1 aromatic rings. The van der Waals surface area contributed by atoms with Crippen LogP contribution in [0.25, 0.3) is 0 Å². The summed E-state index contributed by atoms with van der Waals surface area (Å²) in [7, 11) is 2.04. The molecule has 2 aliphatic rings. The van der Waals surface area contributed by atoms with Crippen LogP contribution in [0, 0.1) is 0 Å². The molecule has 2 fully saturated rings. The summed E-state index contributed by atoms with van der Waals surface area (Å²) in [6, 6.07) is 7.06. The fourth-order valence-electron chi connectivity index (χ4n) is 2.80. The molecule has 28 heavy (non-hydrogen) atoms. The van der Waals surface area contributed by atoms with Crippen molar-refractivity contribution >= 4 is 40.9 Å². The van der Waals surface area contributed by atoms with Gasteiger partial charge in [0.15, 0.2) is 5.17 Å². The van der Waals surface area contributed by atoms with Gasteiger partial charge in [-0.3, -0.25) is 14.4 Å². The van der Waals surface area contributed by atoms with E-state index in [0.29, 0.717) is 5.56 Å². The van der Waals surface area contributed by atoms with Gasteiger partial charge in [-0.15, -0.1) is 5.10 Å². The number of nitrogens with one attached hydrogen (secondary N) is 1. The van der Waals surface area contributed by atoms with Crippen molar-refractivity contribution in [2.24, 2.45) is 10.2 Å². The highest BCUT2D eigenvalue weighted by Gasteiger charge is 2.32. The van der Waals surface area contributed by atoms with Crippen molar-refractivity contribution in [3.8, 4) is 0 Å². The van der Waals surface area contributed by atoms with Gasteiger partial charge in [0.2, 0.25) is 5.91 Å². The number of benzene rings is 1. The first-order valence-electron chi connectivity index (χ1n) is 8.80. The number of thioether (sulfide) groups is 1. The van der Waals surface area contributed by atoms with Gasteiger partial charge in [-0.25, -0.2) is 0 Å². The Morgan fingerprint density at radius 1 is 1.25 bits per heavy atom. The van der Waals surface area contributed by atoms with Crippen LogP contribution in [-0.2, 0) is 9.59 Å². The second-order valence-corrected chi connectivity index (χ2v) is 7.75. The maximum Gasteiger partial charge on any atom is 0.305 e. The molecule has 148 valence electrons. The summed E-state index contributed by atoms with van der Waals surface area (Å²) < 4.78 is 0. The SMILES string of the molecule is CN1CCN(C(=O)c2ccc(C=NN=C3NC(=O)C(CC(=O)O)S3)cc2)CC1. The number of carbonyl (C=O) groups is 3. The van der Waals surface area contributed by atoms with Gasteiger partial charge in [-0.2, -0.15) is 5.10 Å². The monoisotopic (exact) mass is 403 g/mol. The fourth-order valence-corrected chi connectivity index (χ4v) is 3.71. The van der Waals surface area contributed by atoms with Crippen LogP contribution in [0.5, 0.6) is 0 Å². The molecule has 2 N–H and O–H groups in total. The molecule has 2 amide bonds.